The maximum Gasteiger partial charge on any atom is 0.175 e. The standard InChI is InChI=1S/C17H17BrO2S/c1-13-4-3-5-16(14(13)2)10-11-21(19,20)12-15-6-8-17(18)9-7-15/h3-11H,12H2,1-2H3. The molecule has 21 heavy (non-hydrogen) atoms. The highest BCUT2D eigenvalue weighted by Crippen LogP contribution is 2.17. The fraction of sp³-hybridized carbons (Fsp3) is 0.176. The third-order valence-corrected chi connectivity index (χ3v) is 5.20. The molecule has 0 aliphatic rings. The average molecular weight is 365 g/mol. The van der Waals surface area contributed by atoms with Crippen LogP contribution in [0.25, 0.3) is 6.08 Å². The largest absolute Gasteiger partial charge is 0.224 e. The van der Waals surface area contributed by atoms with E-state index in [-0.39, 0.29) is 5.75 Å². The Kier molecular flexibility index (Phi) is 5.01. The molecule has 0 atom stereocenters. The van der Waals surface area contributed by atoms with E-state index in [0.717, 1.165) is 26.7 Å². The van der Waals surface area contributed by atoms with Crippen LogP contribution in [0.4, 0.5) is 0 Å². The summed E-state index contributed by atoms with van der Waals surface area (Å²) in [6.45, 7) is 4.01. The quantitative estimate of drug-likeness (QED) is 0.790. The summed E-state index contributed by atoms with van der Waals surface area (Å²) in [5.41, 5.74) is 3.98. The highest BCUT2D eigenvalue weighted by molar-refractivity contribution is 9.10. The first kappa shape index (κ1) is 16.0. The van der Waals surface area contributed by atoms with Crippen LogP contribution in [-0.4, -0.2) is 8.42 Å². The first-order chi connectivity index (χ1) is 9.87. The van der Waals surface area contributed by atoms with Crippen LogP contribution in [0, 0.1) is 13.8 Å². The van der Waals surface area contributed by atoms with Crippen molar-refractivity contribution in [1.82, 2.24) is 0 Å². The van der Waals surface area contributed by atoms with E-state index in [0.29, 0.717) is 0 Å². The molecule has 110 valence electrons. The Hall–Kier alpha value is -1.39. The number of benzene rings is 2. The molecule has 0 unspecified atom stereocenters. The first-order valence-corrected chi connectivity index (χ1v) is 9.10. The number of hydrogen-bond donors (Lipinski definition) is 0. The van der Waals surface area contributed by atoms with Gasteiger partial charge in [0, 0.05) is 9.88 Å². The lowest BCUT2D eigenvalue weighted by Gasteiger charge is -2.04. The normalized spacial score (nSPS) is 12.0. The number of rotatable bonds is 4. The van der Waals surface area contributed by atoms with Gasteiger partial charge in [-0.25, -0.2) is 8.42 Å². The summed E-state index contributed by atoms with van der Waals surface area (Å²) < 4.78 is 25.3. The van der Waals surface area contributed by atoms with E-state index in [9.17, 15) is 8.42 Å². The molecule has 0 aliphatic heterocycles. The van der Waals surface area contributed by atoms with Crippen LogP contribution in [-0.2, 0) is 15.6 Å². The van der Waals surface area contributed by atoms with Crippen molar-refractivity contribution >= 4 is 31.8 Å². The molecule has 0 radical (unpaired) electrons. The SMILES string of the molecule is Cc1cccc(C=CS(=O)(=O)Cc2ccc(Br)cc2)c1C. The van der Waals surface area contributed by atoms with E-state index in [1.54, 1.807) is 6.08 Å². The van der Waals surface area contributed by atoms with Gasteiger partial charge in [-0.3, -0.25) is 0 Å². The number of aryl methyl sites for hydroxylation is 1. The van der Waals surface area contributed by atoms with Crippen LogP contribution in [0.3, 0.4) is 0 Å². The second-order valence-corrected chi connectivity index (χ2v) is 7.83. The number of sulfone groups is 1. The molecular weight excluding hydrogens is 348 g/mol. The lowest BCUT2D eigenvalue weighted by molar-refractivity contribution is 0.604. The Morgan fingerprint density at radius 1 is 1.05 bits per heavy atom. The van der Waals surface area contributed by atoms with Gasteiger partial charge in [-0.05, 0) is 54.3 Å². The van der Waals surface area contributed by atoms with Crippen molar-refractivity contribution in [3.63, 3.8) is 0 Å². The van der Waals surface area contributed by atoms with Crippen LogP contribution in [0.15, 0.2) is 52.3 Å². The Bertz CT molecular complexity index is 760. The predicted molar refractivity (Wildman–Crippen MR) is 91.7 cm³/mol. The van der Waals surface area contributed by atoms with Gasteiger partial charge in [0.25, 0.3) is 0 Å². The van der Waals surface area contributed by atoms with Crippen LogP contribution in [0.5, 0.6) is 0 Å². The third kappa shape index (κ3) is 4.55. The molecule has 2 rings (SSSR count). The summed E-state index contributed by atoms with van der Waals surface area (Å²) in [6.07, 6.45) is 1.68. The van der Waals surface area contributed by atoms with Crippen molar-refractivity contribution in [3.8, 4) is 0 Å². The van der Waals surface area contributed by atoms with Gasteiger partial charge in [-0.2, -0.15) is 0 Å². The maximum atomic E-state index is 12.2. The molecule has 0 fully saturated rings. The van der Waals surface area contributed by atoms with E-state index in [1.807, 2.05) is 56.3 Å². The van der Waals surface area contributed by atoms with Crippen LogP contribution in [0.2, 0.25) is 0 Å². The highest BCUT2D eigenvalue weighted by Gasteiger charge is 2.08. The summed E-state index contributed by atoms with van der Waals surface area (Å²) >= 11 is 3.34. The Balaban J connectivity index is 2.19. The zero-order chi connectivity index (χ0) is 15.5. The molecule has 0 amide bonds. The van der Waals surface area contributed by atoms with E-state index in [2.05, 4.69) is 15.9 Å². The summed E-state index contributed by atoms with van der Waals surface area (Å²) in [7, 11) is -3.27. The molecule has 2 nitrogen and oxygen atoms in total. The minimum absolute atomic E-state index is 0.0155. The molecule has 0 aliphatic carbocycles. The van der Waals surface area contributed by atoms with Crippen molar-refractivity contribution in [1.29, 1.82) is 0 Å². The summed E-state index contributed by atoms with van der Waals surface area (Å²) in [6, 6.07) is 13.2. The number of halogens is 1. The van der Waals surface area contributed by atoms with Crippen molar-refractivity contribution in [3.05, 3.63) is 74.6 Å². The van der Waals surface area contributed by atoms with E-state index in [4.69, 9.17) is 0 Å². The van der Waals surface area contributed by atoms with Gasteiger partial charge in [0.2, 0.25) is 0 Å². The first-order valence-electron chi connectivity index (χ1n) is 6.59. The second-order valence-electron chi connectivity index (χ2n) is 5.03. The van der Waals surface area contributed by atoms with Crippen molar-refractivity contribution < 1.29 is 8.42 Å². The lowest BCUT2D eigenvalue weighted by atomic mass is 10.0. The molecule has 0 heterocycles. The minimum Gasteiger partial charge on any atom is -0.224 e. The monoisotopic (exact) mass is 364 g/mol. The Morgan fingerprint density at radius 3 is 2.38 bits per heavy atom. The molecule has 2 aromatic rings. The van der Waals surface area contributed by atoms with Crippen LogP contribution in [0.1, 0.15) is 22.3 Å². The van der Waals surface area contributed by atoms with Crippen molar-refractivity contribution in [2.75, 3.05) is 0 Å². The average Bonchev–Trinajstić information content (AvgIpc) is 2.43. The van der Waals surface area contributed by atoms with Gasteiger partial charge < -0.3 is 0 Å². The lowest BCUT2D eigenvalue weighted by Crippen LogP contribution is -2.00. The van der Waals surface area contributed by atoms with Crippen LogP contribution >= 0.6 is 15.9 Å². The zero-order valence-electron chi connectivity index (χ0n) is 12.0. The molecule has 0 saturated carbocycles. The van der Waals surface area contributed by atoms with Crippen LogP contribution < -0.4 is 0 Å². The van der Waals surface area contributed by atoms with E-state index >= 15 is 0 Å². The summed E-state index contributed by atoms with van der Waals surface area (Å²) in [4.78, 5) is 0. The molecule has 2 aromatic carbocycles. The smallest absolute Gasteiger partial charge is 0.175 e. The molecule has 0 saturated heterocycles. The van der Waals surface area contributed by atoms with Gasteiger partial charge in [-0.1, -0.05) is 46.3 Å². The maximum absolute atomic E-state index is 12.2. The zero-order valence-corrected chi connectivity index (χ0v) is 14.4. The molecule has 4 heteroatoms. The molecular formula is C17H17BrO2S. The summed E-state index contributed by atoms with van der Waals surface area (Å²) in [5, 5.41) is 1.30. The number of hydrogen-bond acceptors (Lipinski definition) is 2. The predicted octanol–water partition coefficient (Wildman–Crippen LogP) is 4.65. The fourth-order valence-electron chi connectivity index (χ4n) is 1.99. The van der Waals surface area contributed by atoms with Gasteiger partial charge in [-0.15, -0.1) is 0 Å². The minimum atomic E-state index is -3.27. The topological polar surface area (TPSA) is 34.1 Å². The summed E-state index contributed by atoms with van der Waals surface area (Å²) in [5.74, 6) is 0.0155. The fourth-order valence-corrected chi connectivity index (χ4v) is 3.36. The van der Waals surface area contributed by atoms with E-state index in [1.165, 1.54) is 5.41 Å². The molecule has 0 N–H and O–H groups in total. The van der Waals surface area contributed by atoms with Crippen molar-refractivity contribution in [2.24, 2.45) is 0 Å². The highest BCUT2D eigenvalue weighted by atomic mass is 79.9. The van der Waals surface area contributed by atoms with Gasteiger partial charge >= 0.3 is 0 Å². The van der Waals surface area contributed by atoms with Gasteiger partial charge in [0.15, 0.2) is 9.84 Å². The molecule has 0 spiro atoms. The van der Waals surface area contributed by atoms with Crippen molar-refractivity contribution in [2.45, 2.75) is 19.6 Å². The molecule has 0 aromatic heterocycles. The Morgan fingerprint density at radius 2 is 1.71 bits per heavy atom. The second kappa shape index (κ2) is 6.58. The Labute approximate surface area is 134 Å². The molecule has 0 bridgehead atoms. The van der Waals surface area contributed by atoms with Gasteiger partial charge in [0.05, 0.1) is 5.75 Å². The van der Waals surface area contributed by atoms with E-state index < -0.39 is 9.84 Å². The van der Waals surface area contributed by atoms with Gasteiger partial charge in [0.1, 0.15) is 0 Å². The third-order valence-electron chi connectivity index (χ3n) is 3.38.